The molecule has 4 heteroatoms. The molecule has 0 saturated heterocycles. The Kier molecular flexibility index (Phi) is 5.79. The molecule has 0 aromatic heterocycles. The second kappa shape index (κ2) is 6.02. The summed E-state index contributed by atoms with van der Waals surface area (Å²) < 4.78 is 0. The van der Waals surface area contributed by atoms with Crippen molar-refractivity contribution in [1.29, 1.82) is 0 Å². The van der Waals surface area contributed by atoms with Gasteiger partial charge in [-0.05, 0) is 12.1 Å². The summed E-state index contributed by atoms with van der Waals surface area (Å²) in [6.07, 6.45) is 0. The summed E-state index contributed by atoms with van der Waals surface area (Å²) >= 11 is 0. The molecule has 0 aliphatic carbocycles. The van der Waals surface area contributed by atoms with Crippen LogP contribution in [0.15, 0.2) is 30.3 Å². The molecule has 0 amide bonds. The van der Waals surface area contributed by atoms with Gasteiger partial charge >= 0.3 is 35.5 Å². The number of nitrogens with zero attached hydrogens (tertiary/aromatic N) is 1. The first-order chi connectivity index (χ1) is 5.70. The van der Waals surface area contributed by atoms with E-state index in [4.69, 9.17) is 5.11 Å². The largest absolute Gasteiger partial charge is 1.00 e. The number of rotatable bonds is 3. The summed E-state index contributed by atoms with van der Waals surface area (Å²) in [5.41, 5.74) is 0.917. The van der Waals surface area contributed by atoms with Crippen molar-refractivity contribution in [2.45, 2.75) is 0 Å². The maximum absolute atomic E-state index is 10.3. The van der Waals surface area contributed by atoms with Gasteiger partial charge < -0.3 is 11.4 Å². The van der Waals surface area contributed by atoms with Crippen molar-refractivity contribution < 1.29 is 40.9 Å². The van der Waals surface area contributed by atoms with Crippen LogP contribution in [0, 0.1) is 0 Å². The van der Waals surface area contributed by atoms with E-state index in [1.165, 1.54) is 0 Å². The molecule has 1 N–H and O–H groups in total. The van der Waals surface area contributed by atoms with E-state index in [0.717, 1.165) is 5.69 Å². The van der Waals surface area contributed by atoms with Crippen molar-refractivity contribution in [3.05, 3.63) is 30.3 Å². The summed E-state index contributed by atoms with van der Waals surface area (Å²) in [6.45, 7) is 0.0318. The molecule has 0 radical (unpaired) electrons. The van der Waals surface area contributed by atoms with Crippen LogP contribution in [-0.4, -0.2) is 24.7 Å². The molecule has 0 bridgehead atoms. The zero-order valence-electron chi connectivity index (χ0n) is 8.90. The van der Waals surface area contributed by atoms with E-state index in [2.05, 4.69) is 0 Å². The van der Waals surface area contributed by atoms with Gasteiger partial charge in [0, 0.05) is 12.7 Å². The van der Waals surface area contributed by atoms with Crippen molar-refractivity contribution in [2.24, 2.45) is 0 Å². The van der Waals surface area contributed by atoms with Gasteiger partial charge in [-0.2, -0.15) is 0 Å². The molecule has 0 aliphatic rings. The zero-order chi connectivity index (χ0) is 8.97. The minimum absolute atomic E-state index is 0. The quantitative estimate of drug-likeness (QED) is 0.578. The van der Waals surface area contributed by atoms with Crippen LogP contribution in [0.4, 0.5) is 5.69 Å². The first kappa shape index (κ1) is 12.5. The summed E-state index contributed by atoms with van der Waals surface area (Å²) in [4.78, 5) is 12.0. The third-order valence-corrected chi connectivity index (χ3v) is 1.57. The van der Waals surface area contributed by atoms with Crippen molar-refractivity contribution in [3.63, 3.8) is 0 Å². The second-order valence-corrected chi connectivity index (χ2v) is 2.59. The molecule has 0 fully saturated rings. The van der Waals surface area contributed by atoms with Gasteiger partial charge in [0.15, 0.2) is 0 Å². The van der Waals surface area contributed by atoms with E-state index >= 15 is 0 Å². The molecule has 0 heterocycles. The molecule has 0 unspecified atom stereocenters. The number of carboxylic acid groups (broad SMARTS) is 1. The van der Waals surface area contributed by atoms with E-state index < -0.39 is 5.97 Å². The molecule has 13 heavy (non-hydrogen) atoms. The van der Waals surface area contributed by atoms with Gasteiger partial charge in [0.05, 0.1) is 0 Å². The molecule has 1 rings (SSSR count). The number of likely N-dealkylation sites (N-methyl/N-ethyl adjacent to an activating group) is 1. The van der Waals surface area contributed by atoms with E-state index in [1.54, 1.807) is 11.9 Å². The smallest absolute Gasteiger partial charge is 1.00 e. The minimum Gasteiger partial charge on any atom is -1.00 e. The van der Waals surface area contributed by atoms with Crippen molar-refractivity contribution in [1.82, 2.24) is 0 Å². The van der Waals surface area contributed by atoms with E-state index in [0.29, 0.717) is 0 Å². The molecular formula is C9H12NNaO2. The van der Waals surface area contributed by atoms with E-state index in [1.807, 2.05) is 30.3 Å². The van der Waals surface area contributed by atoms with Gasteiger partial charge in [-0.3, -0.25) is 4.79 Å². The fourth-order valence-corrected chi connectivity index (χ4v) is 0.977. The fourth-order valence-electron chi connectivity index (χ4n) is 0.977. The maximum Gasteiger partial charge on any atom is 1.00 e. The van der Waals surface area contributed by atoms with E-state index in [9.17, 15) is 4.79 Å². The van der Waals surface area contributed by atoms with Crippen molar-refractivity contribution in [3.8, 4) is 0 Å². The standard InChI is InChI=1S/C9H11NO2.Na.H/c1-10(7-9(11)12)8-5-3-2-4-6-8;;/h2-6H,7H2,1H3,(H,11,12);;/q;+1;-1. The summed E-state index contributed by atoms with van der Waals surface area (Å²) in [6, 6.07) is 9.42. The van der Waals surface area contributed by atoms with Crippen LogP contribution in [0.2, 0.25) is 0 Å². The third kappa shape index (κ3) is 4.31. The second-order valence-electron chi connectivity index (χ2n) is 2.59. The van der Waals surface area contributed by atoms with Crippen molar-refractivity contribution >= 4 is 11.7 Å². The van der Waals surface area contributed by atoms with Gasteiger partial charge in [0.1, 0.15) is 6.54 Å². The predicted molar refractivity (Wildman–Crippen MR) is 48.5 cm³/mol. The van der Waals surface area contributed by atoms with Crippen LogP contribution in [0.1, 0.15) is 1.43 Å². The average molecular weight is 189 g/mol. The van der Waals surface area contributed by atoms with Crippen molar-refractivity contribution in [2.75, 3.05) is 18.5 Å². The van der Waals surface area contributed by atoms with Gasteiger partial charge in [0.25, 0.3) is 0 Å². The summed E-state index contributed by atoms with van der Waals surface area (Å²) in [5, 5.41) is 8.50. The van der Waals surface area contributed by atoms with Gasteiger partial charge in [-0.25, -0.2) is 0 Å². The van der Waals surface area contributed by atoms with E-state index in [-0.39, 0.29) is 37.5 Å². The van der Waals surface area contributed by atoms with Crippen LogP contribution in [0.5, 0.6) is 0 Å². The summed E-state index contributed by atoms with van der Waals surface area (Å²) in [7, 11) is 1.75. The SMILES string of the molecule is CN(CC(=O)O)c1ccccc1.[H-].[Na+]. The molecule has 0 spiro atoms. The monoisotopic (exact) mass is 189 g/mol. The third-order valence-electron chi connectivity index (χ3n) is 1.57. The Morgan fingerprint density at radius 2 is 2.00 bits per heavy atom. The number of hydrogen-bond acceptors (Lipinski definition) is 2. The van der Waals surface area contributed by atoms with Crippen LogP contribution >= 0.6 is 0 Å². The van der Waals surface area contributed by atoms with Crippen LogP contribution < -0.4 is 34.5 Å². The Balaban J connectivity index is 0. The maximum atomic E-state index is 10.3. The Morgan fingerprint density at radius 3 is 2.46 bits per heavy atom. The summed E-state index contributed by atoms with van der Waals surface area (Å²) in [5.74, 6) is -0.818. The topological polar surface area (TPSA) is 40.5 Å². The Morgan fingerprint density at radius 1 is 1.46 bits per heavy atom. The number of benzene rings is 1. The van der Waals surface area contributed by atoms with Gasteiger partial charge in [-0.15, -0.1) is 0 Å². The number of para-hydroxylation sites is 1. The van der Waals surface area contributed by atoms with Gasteiger partial charge in [-0.1, -0.05) is 18.2 Å². The Hall–Kier alpha value is -0.510. The van der Waals surface area contributed by atoms with Crippen LogP contribution in [-0.2, 0) is 4.79 Å². The number of carbonyl (C=O) groups is 1. The number of carboxylic acids is 1. The number of hydrogen-bond donors (Lipinski definition) is 1. The molecule has 1 aromatic rings. The fraction of sp³-hybridized carbons (Fsp3) is 0.222. The predicted octanol–water partition coefficient (Wildman–Crippen LogP) is -1.68. The average Bonchev–Trinajstić information content (AvgIpc) is 2.05. The molecular weight excluding hydrogens is 177 g/mol. The zero-order valence-corrected chi connectivity index (χ0v) is 9.90. The van der Waals surface area contributed by atoms with Crippen LogP contribution in [0.25, 0.3) is 0 Å². The molecule has 3 nitrogen and oxygen atoms in total. The first-order valence-corrected chi connectivity index (χ1v) is 3.68. The van der Waals surface area contributed by atoms with Gasteiger partial charge in [0.2, 0.25) is 0 Å². The first-order valence-electron chi connectivity index (χ1n) is 3.68. The molecule has 1 aromatic carbocycles. The normalized spacial score (nSPS) is 8.69. The molecule has 0 atom stereocenters. The molecule has 0 aliphatic heterocycles. The van der Waals surface area contributed by atoms with Crippen LogP contribution in [0.3, 0.4) is 0 Å². The minimum atomic E-state index is -0.818. The Bertz CT molecular complexity index is 269. The number of aliphatic carboxylic acids is 1. The number of anilines is 1. The molecule has 66 valence electrons. The Labute approximate surface area is 101 Å². The molecule has 0 saturated carbocycles.